The average Bonchev–Trinajstić information content (AvgIpc) is 2.10. The number of nitrogens with zero attached hydrogens (tertiary/aromatic N) is 1. The number of aliphatic carboxylic acids is 1. The van der Waals surface area contributed by atoms with E-state index in [0.29, 0.717) is 6.42 Å². The number of hydrogen-bond acceptors (Lipinski definition) is 3. The van der Waals surface area contributed by atoms with Crippen molar-refractivity contribution in [2.75, 3.05) is 20.6 Å². The topological polar surface area (TPSA) is 69.6 Å². The highest BCUT2D eigenvalue weighted by molar-refractivity contribution is 5.84. The van der Waals surface area contributed by atoms with Crippen molar-refractivity contribution in [2.45, 2.75) is 32.2 Å². The maximum absolute atomic E-state index is 11.3. The Morgan fingerprint density at radius 2 is 2.00 bits per heavy atom. The lowest BCUT2D eigenvalue weighted by atomic mass is 10.1. The third-order valence-corrected chi connectivity index (χ3v) is 1.94. The maximum atomic E-state index is 11.3. The number of nitrogens with one attached hydrogen (secondary N) is 1. The largest absolute Gasteiger partial charge is 0.480 e. The molecule has 0 bridgehead atoms. The number of carboxylic acid groups (broad SMARTS) is 1. The lowest BCUT2D eigenvalue weighted by Gasteiger charge is -2.15. The molecular weight excluding hydrogens is 196 g/mol. The number of likely N-dealkylation sites (N-methyl/N-ethyl adjacent to an activating group) is 1. The summed E-state index contributed by atoms with van der Waals surface area (Å²) in [7, 11) is 3.53. The zero-order chi connectivity index (χ0) is 11.8. The van der Waals surface area contributed by atoms with Crippen LogP contribution in [0.3, 0.4) is 0 Å². The molecule has 0 aromatic rings. The van der Waals surface area contributed by atoms with Crippen LogP contribution in [0.5, 0.6) is 0 Å². The summed E-state index contributed by atoms with van der Waals surface area (Å²) >= 11 is 0. The predicted octanol–water partition coefficient (Wildman–Crippen LogP) is 0.308. The first-order chi connectivity index (χ1) is 6.97. The van der Waals surface area contributed by atoms with Crippen molar-refractivity contribution in [1.82, 2.24) is 10.2 Å². The molecular formula is C10H20N2O3. The van der Waals surface area contributed by atoms with Gasteiger partial charge in [0.05, 0.1) is 6.54 Å². The van der Waals surface area contributed by atoms with E-state index in [-0.39, 0.29) is 12.5 Å². The van der Waals surface area contributed by atoms with Gasteiger partial charge in [0.2, 0.25) is 5.91 Å². The fraction of sp³-hybridized carbons (Fsp3) is 0.800. The molecule has 0 rings (SSSR count). The number of unbranched alkanes of at least 4 members (excludes halogenated alkanes) is 1. The van der Waals surface area contributed by atoms with Gasteiger partial charge in [0.1, 0.15) is 6.04 Å². The summed E-state index contributed by atoms with van der Waals surface area (Å²) in [5.41, 5.74) is 0. The Bertz CT molecular complexity index is 217. The molecule has 88 valence electrons. The molecule has 0 radical (unpaired) electrons. The molecule has 0 aliphatic rings. The molecule has 1 unspecified atom stereocenters. The number of amides is 1. The minimum Gasteiger partial charge on any atom is -0.480 e. The second-order valence-electron chi connectivity index (χ2n) is 3.84. The SMILES string of the molecule is CCCCC(NC(=O)CN(C)C)C(=O)O. The van der Waals surface area contributed by atoms with E-state index in [1.54, 1.807) is 19.0 Å². The second kappa shape index (κ2) is 7.23. The monoisotopic (exact) mass is 216 g/mol. The number of carboxylic acids is 1. The Morgan fingerprint density at radius 1 is 1.40 bits per heavy atom. The van der Waals surface area contributed by atoms with E-state index in [0.717, 1.165) is 12.8 Å². The lowest BCUT2D eigenvalue weighted by molar-refractivity contribution is -0.142. The van der Waals surface area contributed by atoms with Crippen LogP contribution >= 0.6 is 0 Å². The molecule has 0 aromatic carbocycles. The standard InChI is InChI=1S/C10H20N2O3/c1-4-5-6-8(10(14)15)11-9(13)7-12(2)3/h8H,4-7H2,1-3H3,(H,11,13)(H,14,15). The van der Waals surface area contributed by atoms with Gasteiger partial charge < -0.3 is 15.3 Å². The Labute approximate surface area is 90.5 Å². The van der Waals surface area contributed by atoms with Crippen LogP contribution in [0, 0.1) is 0 Å². The molecule has 0 saturated carbocycles. The highest BCUT2D eigenvalue weighted by Gasteiger charge is 2.18. The van der Waals surface area contributed by atoms with Crippen LogP contribution in [0.1, 0.15) is 26.2 Å². The molecule has 0 heterocycles. The van der Waals surface area contributed by atoms with Crippen LogP contribution in [-0.4, -0.2) is 48.6 Å². The fourth-order valence-corrected chi connectivity index (χ4v) is 1.19. The van der Waals surface area contributed by atoms with Crippen LogP contribution in [0.4, 0.5) is 0 Å². The van der Waals surface area contributed by atoms with Crippen molar-refractivity contribution < 1.29 is 14.7 Å². The summed E-state index contributed by atoms with van der Waals surface area (Å²) in [5, 5.41) is 11.4. The molecule has 15 heavy (non-hydrogen) atoms. The molecule has 0 aliphatic carbocycles. The van der Waals surface area contributed by atoms with Gasteiger partial charge in [-0.25, -0.2) is 4.79 Å². The maximum Gasteiger partial charge on any atom is 0.326 e. The van der Waals surface area contributed by atoms with Gasteiger partial charge in [0, 0.05) is 0 Å². The Kier molecular flexibility index (Phi) is 6.70. The number of carbonyl (C=O) groups excluding carboxylic acids is 1. The van der Waals surface area contributed by atoms with E-state index < -0.39 is 12.0 Å². The van der Waals surface area contributed by atoms with Gasteiger partial charge in [-0.15, -0.1) is 0 Å². The minimum absolute atomic E-state index is 0.218. The van der Waals surface area contributed by atoms with Crippen molar-refractivity contribution in [1.29, 1.82) is 0 Å². The van der Waals surface area contributed by atoms with Crippen LogP contribution in [-0.2, 0) is 9.59 Å². The van der Waals surface area contributed by atoms with E-state index in [9.17, 15) is 9.59 Å². The van der Waals surface area contributed by atoms with E-state index in [4.69, 9.17) is 5.11 Å². The van der Waals surface area contributed by atoms with E-state index in [1.807, 2.05) is 6.92 Å². The van der Waals surface area contributed by atoms with Crippen molar-refractivity contribution >= 4 is 11.9 Å². The van der Waals surface area contributed by atoms with E-state index in [1.165, 1.54) is 0 Å². The normalized spacial score (nSPS) is 12.5. The molecule has 2 N–H and O–H groups in total. The first-order valence-corrected chi connectivity index (χ1v) is 5.14. The average molecular weight is 216 g/mol. The van der Waals surface area contributed by atoms with Crippen LogP contribution in [0.2, 0.25) is 0 Å². The Balaban J connectivity index is 4.04. The van der Waals surface area contributed by atoms with Gasteiger partial charge in [0.25, 0.3) is 0 Å². The predicted molar refractivity (Wildman–Crippen MR) is 57.6 cm³/mol. The molecule has 0 aromatic heterocycles. The molecule has 0 spiro atoms. The lowest BCUT2D eigenvalue weighted by Crippen LogP contribution is -2.44. The zero-order valence-electron chi connectivity index (χ0n) is 9.62. The third kappa shape index (κ3) is 6.90. The van der Waals surface area contributed by atoms with Crippen LogP contribution in [0.15, 0.2) is 0 Å². The smallest absolute Gasteiger partial charge is 0.326 e. The zero-order valence-corrected chi connectivity index (χ0v) is 9.62. The first kappa shape index (κ1) is 13.9. The van der Waals surface area contributed by atoms with Gasteiger partial charge in [-0.3, -0.25) is 4.79 Å². The summed E-state index contributed by atoms with van der Waals surface area (Å²) in [5.74, 6) is -1.21. The number of hydrogen-bond donors (Lipinski definition) is 2. The van der Waals surface area contributed by atoms with Crippen molar-refractivity contribution in [3.63, 3.8) is 0 Å². The first-order valence-electron chi connectivity index (χ1n) is 5.14. The van der Waals surface area contributed by atoms with Gasteiger partial charge in [-0.05, 0) is 20.5 Å². The summed E-state index contributed by atoms with van der Waals surface area (Å²) in [6.45, 7) is 2.20. The molecule has 0 aliphatic heterocycles. The quantitative estimate of drug-likeness (QED) is 0.642. The van der Waals surface area contributed by atoms with Gasteiger partial charge in [0.15, 0.2) is 0 Å². The van der Waals surface area contributed by atoms with Gasteiger partial charge in [-0.2, -0.15) is 0 Å². The molecule has 5 nitrogen and oxygen atoms in total. The summed E-state index contributed by atoms with van der Waals surface area (Å²) in [4.78, 5) is 23.8. The number of rotatable bonds is 7. The fourth-order valence-electron chi connectivity index (χ4n) is 1.19. The van der Waals surface area contributed by atoms with Crippen LogP contribution in [0.25, 0.3) is 0 Å². The van der Waals surface area contributed by atoms with Crippen molar-refractivity contribution in [2.24, 2.45) is 0 Å². The Hall–Kier alpha value is -1.10. The summed E-state index contributed by atoms with van der Waals surface area (Å²) < 4.78 is 0. The summed E-state index contributed by atoms with van der Waals surface area (Å²) in [6.07, 6.45) is 2.22. The summed E-state index contributed by atoms with van der Waals surface area (Å²) in [6, 6.07) is -0.752. The Morgan fingerprint density at radius 3 is 2.40 bits per heavy atom. The van der Waals surface area contributed by atoms with Gasteiger partial charge in [-0.1, -0.05) is 19.8 Å². The number of carbonyl (C=O) groups is 2. The molecule has 1 amide bonds. The van der Waals surface area contributed by atoms with Crippen molar-refractivity contribution in [3.8, 4) is 0 Å². The molecule has 1 atom stereocenters. The third-order valence-electron chi connectivity index (χ3n) is 1.94. The molecule has 5 heteroatoms. The second-order valence-corrected chi connectivity index (χ2v) is 3.84. The highest BCUT2D eigenvalue weighted by Crippen LogP contribution is 2.00. The van der Waals surface area contributed by atoms with Gasteiger partial charge >= 0.3 is 5.97 Å². The van der Waals surface area contributed by atoms with E-state index >= 15 is 0 Å². The minimum atomic E-state index is -0.962. The van der Waals surface area contributed by atoms with Crippen molar-refractivity contribution in [3.05, 3.63) is 0 Å². The molecule has 0 saturated heterocycles. The highest BCUT2D eigenvalue weighted by atomic mass is 16.4. The van der Waals surface area contributed by atoms with E-state index in [2.05, 4.69) is 5.32 Å². The molecule has 0 fully saturated rings. The van der Waals surface area contributed by atoms with Crippen LogP contribution < -0.4 is 5.32 Å².